The van der Waals surface area contributed by atoms with Gasteiger partial charge in [0.05, 0.1) is 15.7 Å². The number of nitrogens with zero attached hydrogens (tertiary/aromatic N) is 1. The van der Waals surface area contributed by atoms with Gasteiger partial charge >= 0.3 is 0 Å². The molecule has 18 heavy (non-hydrogen) atoms. The van der Waals surface area contributed by atoms with Crippen molar-refractivity contribution >= 4 is 28.7 Å². The Morgan fingerprint density at radius 2 is 2.28 bits per heavy atom. The van der Waals surface area contributed by atoms with E-state index in [1.54, 1.807) is 29.5 Å². The van der Waals surface area contributed by atoms with Crippen molar-refractivity contribution in [3.63, 3.8) is 0 Å². The molecule has 0 amide bonds. The normalized spacial score (nSPS) is 10.4. The van der Waals surface area contributed by atoms with Gasteiger partial charge in [0.15, 0.2) is 5.78 Å². The minimum atomic E-state index is -0.0152. The van der Waals surface area contributed by atoms with Crippen LogP contribution >= 0.6 is 22.9 Å². The first-order chi connectivity index (χ1) is 8.56. The van der Waals surface area contributed by atoms with Crippen LogP contribution in [0.15, 0.2) is 23.6 Å². The van der Waals surface area contributed by atoms with Gasteiger partial charge in [-0.05, 0) is 32.0 Å². The number of halogens is 1. The fraction of sp³-hybridized carbons (Fsp3) is 0.231. The molecule has 0 atom stereocenters. The zero-order valence-corrected chi connectivity index (χ0v) is 11.6. The van der Waals surface area contributed by atoms with Crippen LogP contribution in [0.1, 0.15) is 28.0 Å². The molecule has 1 aromatic heterocycles. The summed E-state index contributed by atoms with van der Waals surface area (Å²) in [5.41, 5.74) is 1.46. The van der Waals surface area contributed by atoms with Crippen LogP contribution in [0, 0.1) is 6.92 Å². The molecule has 5 heteroatoms. The van der Waals surface area contributed by atoms with Gasteiger partial charge in [-0.25, -0.2) is 4.98 Å². The highest BCUT2D eigenvalue weighted by Gasteiger charge is 2.07. The van der Waals surface area contributed by atoms with Gasteiger partial charge in [0.2, 0.25) is 0 Å². The zero-order chi connectivity index (χ0) is 13.1. The Labute approximate surface area is 114 Å². The Balaban J connectivity index is 2.08. The summed E-state index contributed by atoms with van der Waals surface area (Å²) in [6.07, 6.45) is 0. The predicted molar refractivity (Wildman–Crippen MR) is 72.6 cm³/mol. The van der Waals surface area contributed by atoms with Crippen molar-refractivity contribution < 1.29 is 9.53 Å². The molecule has 0 N–H and O–H groups in total. The first-order valence-electron chi connectivity index (χ1n) is 5.40. The molecule has 0 aliphatic carbocycles. The number of thiazole rings is 1. The Hall–Kier alpha value is -1.39. The maximum Gasteiger partial charge on any atom is 0.159 e. The average Bonchev–Trinajstić information content (AvgIpc) is 2.73. The lowest BCUT2D eigenvalue weighted by Gasteiger charge is -2.07. The highest BCUT2D eigenvalue weighted by molar-refractivity contribution is 7.09. The quantitative estimate of drug-likeness (QED) is 0.798. The van der Waals surface area contributed by atoms with Gasteiger partial charge in [0.1, 0.15) is 12.4 Å². The monoisotopic (exact) mass is 281 g/mol. The van der Waals surface area contributed by atoms with Gasteiger partial charge in [-0.3, -0.25) is 4.79 Å². The number of ether oxygens (including phenoxy) is 1. The molecule has 0 aliphatic rings. The van der Waals surface area contributed by atoms with Crippen LogP contribution in [-0.4, -0.2) is 10.8 Å². The van der Waals surface area contributed by atoms with Gasteiger partial charge in [0, 0.05) is 10.9 Å². The second-order valence-corrected chi connectivity index (χ2v) is 5.32. The van der Waals surface area contributed by atoms with E-state index in [1.165, 1.54) is 6.92 Å². The van der Waals surface area contributed by atoms with Gasteiger partial charge in [-0.1, -0.05) is 11.6 Å². The van der Waals surface area contributed by atoms with E-state index in [0.717, 1.165) is 10.7 Å². The molecule has 0 unspecified atom stereocenters. The van der Waals surface area contributed by atoms with Gasteiger partial charge in [0.25, 0.3) is 0 Å². The second-order valence-electron chi connectivity index (χ2n) is 3.85. The lowest BCUT2D eigenvalue weighted by Crippen LogP contribution is -1.98. The number of benzene rings is 1. The number of Topliss-reactive ketones (excluding diaryl/α,β-unsaturated/α-hetero) is 1. The Kier molecular flexibility index (Phi) is 3.99. The molecule has 0 fully saturated rings. The van der Waals surface area contributed by atoms with E-state index < -0.39 is 0 Å². The van der Waals surface area contributed by atoms with Crippen LogP contribution in [0.3, 0.4) is 0 Å². The number of carbonyl (C=O) groups is 1. The molecule has 0 aliphatic heterocycles. The largest absolute Gasteiger partial charge is 0.486 e. The molecule has 94 valence electrons. The van der Waals surface area contributed by atoms with Crippen molar-refractivity contribution in [2.75, 3.05) is 0 Å². The summed E-state index contributed by atoms with van der Waals surface area (Å²) in [5.74, 6) is 0.547. The predicted octanol–water partition coefficient (Wildman–Crippen LogP) is 3.89. The van der Waals surface area contributed by atoms with Crippen molar-refractivity contribution in [2.24, 2.45) is 0 Å². The number of carbonyl (C=O) groups excluding carboxylic acids is 1. The molecule has 3 nitrogen and oxygen atoms in total. The maximum atomic E-state index is 11.2. The molecule has 0 radical (unpaired) electrons. The van der Waals surface area contributed by atoms with Crippen molar-refractivity contribution in [1.29, 1.82) is 0 Å². The van der Waals surface area contributed by atoms with Gasteiger partial charge in [-0.2, -0.15) is 0 Å². The third-order valence-corrected chi connectivity index (χ3v) is 3.50. The molecule has 0 saturated heterocycles. The highest BCUT2D eigenvalue weighted by atomic mass is 35.5. The number of hydrogen-bond acceptors (Lipinski definition) is 4. The van der Waals surface area contributed by atoms with Crippen LogP contribution in [-0.2, 0) is 6.61 Å². The summed E-state index contributed by atoms with van der Waals surface area (Å²) in [6, 6.07) is 5.03. The number of rotatable bonds is 4. The van der Waals surface area contributed by atoms with Crippen LogP contribution in [0.25, 0.3) is 0 Å². The first-order valence-corrected chi connectivity index (χ1v) is 6.66. The Morgan fingerprint density at radius 3 is 2.83 bits per heavy atom. The molecule has 0 spiro atoms. The van der Waals surface area contributed by atoms with Crippen molar-refractivity contribution in [3.05, 3.63) is 44.9 Å². The second kappa shape index (κ2) is 5.50. The van der Waals surface area contributed by atoms with E-state index in [2.05, 4.69) is 4.98 Å². The van der Waals surface area contributed by atoms with Crippen molar-refractivity contribution in [1.82, 2.24) is 4.98 Å². The van der Waals surface area contributed by atoms with Crippen molar-refractivity contribution in [3.8, 4) is 5.75 Å². The van der Waals surface area contributed by atoms with Crippen LogP contribution in [0.4, 0.5) is 0 Å². The van der Waals surface area contributed by atoms with Crippen LogP contribution < -0.4 is 4.74 Å². The van der Waals surface area contributed by atoms with Crippen LogP contribution in [0.2, 0.25) is 5.02 Å². The standard InChI is InChI=1S/C13H12ClNO2S/c1-8(16)10-3-4-13(12(14)5-10)17-6-11-7-18-9(2)15-11/h3-5,7H,6H2,1-2H3. The molecule has 0 bridgehead atoms. The van der Waals surface area contributed by atoms with E-state index in [0.29, 0.717) is 22.9 Å². The molecular formula is C13H12ClNO2S. The SMILES string of the molecule is CC(=O)c1ccc(OCc2csc(C)n2)c(Cl)c1. The van der Waals surface area contributed by atoms with E-state index in [9.17, 15) is 4.79 Å². The number of aryl methyl sites for hydroxylation is 1. The summed E-state index contributed by atoms with van der Waals surface area (Å²) < 4.78 is 5.57. The summed E-state index contributed by atoms with van der Waals surface area (Å²) in [5, 5.41) is 3.40. The summed E-state index contributed by atoms with van der Waals surface area (Å²) in [6.45, 7) is 3.83. The first kappa shape index (κ1) is 13.1. The molecule has 0 saturated carbocycles. The molecule has 1 heterocycles. The fourth-order valence-corrected chi connectivity index (χ4v) is 2.30. The smallest absolute Gasteiger partial charge is 0.159 e. The number of ketones is 1. The minimum Gasteiger partial charge on any atom is -0.486 e. The Morgan fingerprint density at radius 1 is 1.50 bits per heavy atom. The van der Waals surface area contributed by atoms with Crippen LogP contribution in [0.5, 0.6) is 5.75 Å². The third-order valence-electron chi connectivity index (χ3n) is 2.38. The zero-order valence-electron chi connectivity index (χ0n) is 10.1. The summed E-state index contributed by atoms with van der Waals surface area (Å²) >= 11 is 7.63. The molecule has 1 aromatic carbocycles. The van der Waals surface area contributed by atoms with Crippen molar-refractivity contribution in [2.45, 2.75) is 20.5 Å². The number of hydrogen-bond donors (Lipinski definition) is 0. The van der Waals surface area contributed by atoms with E-state index in [4.69, 9.17) is 16.3 Å². The van der Waals surface area contributed by atoms with E-state index in [-0.39, 0.29) is 5.78 Å². The summed E-state index contributed by atoms with van der Waals surface area (Å²) in [7, 11) is 0. The average molecular weight is 282 g/mol. The summed E-state index contributed by atoms with van der Waals surface area (Å²) in [4.78, 5) is 15.5. The van der Waals surface area contributed by atoms with Gasteiger partial charge in [-0.15, -0.1) is 11.3 Å². The topological polar surface area (TPSA) is 39.2 Å². The molecule has 2 aromatic rings. The Bertz CT molecular complexity index is 580. The molecule has 2 rings (SSSR count). The maximum absolute atomic E-state index is 11.2. The van der Waals surface area contributed by atoms with Gasteiger partial charge < -0.3 is 4.74 Å². The lowest BCUT2D eigenvalue weighted by atomic mass is 10.1. The molecular weight excluding hydrogens is 270 g/mol. The minimum absolute atomic E-state index is 0.0152. The number of aromatic nitrogens is 1. The third kappa shape index (κ3) is 3.09. The lowest BCUT2D eigenvalue weighted by molar-refractivity contribution is 0.101. The highest BCUT2D eigenvalue weighted by Crippen LogP contribution is 2.26. The van der Waals surface area contributed by atoms with E-state index >= 15 is 0 Å². The fourth-order valence-electron chi connectivity index (χ4n) is 1.46. The van der Waals surface area contributed by atoms with E-state index in [1.807, 2.05) is 12.3 Å².